The molecule has 6 heteroatoms. The lowest BCUT2D eigenvalue weighted by atomic mass is 10.2. The molecule has 1 aromatic carbocycles. The van der Waals surface area contributed by atoms with Crippen molar-refractivity contribution in [2.24, 2.45) is 0 Å². The van der Waals surface area contributed by atoms with Gasteiger partial charge in [0.15, 0.2) is 0 Å². The third kappa shape index (κ3) is 5.58. The van der Waals surface area contributed by atoms with Crippen molar-refractivity contribution < 1.29 is 9.53 Å². The number of carbonyl (C=O) groups is 1. The van der Waals surface area contributed by atoms with E-state index in [9.17, 15) is 4.79 Å². The number of benzene rings is 1. The number of nitrogens with one attached hydrogen (secondary N) is 2. The third-order valence-corrected chi connectivity index (χ3v) is 2.48. The topological polar surface area (TPSA) is 50.4 Å². The summed E-state index contributed by atoms with van der Waals surface area (Å²) in [6, 6.07) is 5.14. The van der Waals surface area contributed by atoms with Gasteiger partial charge < -0.3 is 4.74 Å². The van der Waals surface area contributed by atoms with E-state index in [4.69, 9.17) is 27.9 Å². The summed E-state index contributed by atoms with van der Waals surface area (Å²) in [5.41, 5.74) is 5.41. The van der Waals surface area contributed by atoms with Gasteiger partial charge in [0.2, 0.25) is 0 Å². The molecule has 0 aliphatic carbocycles. The Hall–Kier alpha value is -0.970. The molecule has 2 N–H and O–H groups in total. The Balaban J connectivity index is 2.42. The van der Waals surface area contributed by atoms with Crippen LogP contribution in [0, 0.1) is 0 Å². The van der Waals surface area contributed by atoms with Gasteiger partial charge >= 0.3 is 6.09 Å². The van der Waals surface area contributed by atoms with E-state index >= 15 is 0 Å². The Labute approximate surface area is 117 Å². The van der Waals surface area contributed by atoms with Crippen LogP contribution >= 0.6 is 23.2 Å². The standard InChI is InChI=1S/C12H16Cl2N2O2/c1-12(2,3)18-11(17)16-15-7-8-6-9(13)4-5-10(8)14/h4-6,15H,7H2,1-3H3,(H,16,17). The van der Waals surface area contributed by atoms with Gasteiger partial charge in [0.1, 0.15) is 5.60 Å². The van der Waals surface area contributed by atoms with Gasteiger partial charge in [-0.25, -0.2) is 10.2 Å². The van der Waals surface area contributed by atoms with Gasteiger partial charge in [-0.15, -0.1) is 0 Å². The highest BCUT2D eigenvalue weighted by molar-refractivity contribution is 6.33. The smallest absolute Gasteiger partial charge is 0.422 e. The molecule has 0 fully saturated rings. The number of halogens is 2. The predicted octanol–water partition coefficient (Wildman–Crippen LogP) is 3.52. The number of hydrogen-bond acceptors (Lipinski definition) is 3. The van der Waals surface area contributed by atoms with E-state index in [0.29, 0.717) is 16.6 Å². The number of amides is 1. The summed E-state index contributed by atoms with van der Waals surface area (Å²) in [6.45, 7) is 5.74. The van der Waals surface area contributed by atoms with Gasteiger partial charge in [0.05, 0.1) is 0 Å². The summed E-state index contributed by atoms with van der Waals surface area (Å²) >= 11 is 11.8. The van der Waals surface area contributed by atoms with E-state index in [1.807, 2.05) is 0 Å². The second kappa shape index (κ2) is 6.27. The fourth-order valence-electron chi connectivity index (χ4n) is 1.19. The van der Waals surface area contributed by atoms with Crippen LogP contribution in [0.5, 0.6) is 0 Å². The fraction of sp³-hybridized carbons (Fsp3) is 0.417. The zero-order valence-electron chi connectivity index (χ0n) is 10.5. The molecule has 0 saturated carbocycles. The first-order valence-corrected chi connectivity index (χ1v) is 6.19. The van der Waals surface area contributed by atoms with Crippen molar-refractivity contribution in [3.05, 3.63) is 33.8 Å². The molecule has 0 heterocycles. The van der Waals surface area contributed by atoms with Crippen LogP contribution in [0.4, 0.5) is 4.79 Å². The first kappa shape index (κ1) is 15.1. The molecular formula is C12H16Cl2N2O2. The Kier molecular flexibility index (Phi) is 5.26. The molecule has 1 amide bonds. The maximum Gasteiger partial charge on any atom is 0.422 e. The van der Waals surface area contributed by atoms with Crippen LogP contribution in [0.15, 0.2) is 18.2 Å². The maximum atomic E-state index is 11.3. The Morgan fingerprint density at radius 1 is 1.33 bits per heavy atom. The molecular weight excluding hydrogens is 275 g/mol. The highest BCUT2D eigenvalue weighted by Gasteiger charge is 2.15. The molecule has 0 radical (unpaired) electrons. The Morgan fingerprint density at radius 3 is 2.61 bits per heavy atom. The van der Waals surface area contributed by atoms with Crippen LogP contribution in [0.2, 0.25) is 10.0 Å². The highest BCUT2D eigenvalue weighted by Crippen LogP contribution is 2.20. The van der Waals surface area contributed by atoms with E-state index in [0.717, 1.165) is 5.56 Å². The minimum Gasteiger partial charge on any atom is -0.443 e. The van der Waals surface area contributed by atoms with Crippen molar-refractivity contribution in [3.8, 4) is 0 Å². The summed E-state index contributed by atoms with van der Waals surface area (Å²) in [5.74, 6) is 0. The molecule has 100 valence electrons. The Bertz CT molecular complexity index is 431. The van der Waals surface area contributed by atoms with Crippen molar-refractivity contribution >= 4 is 29.3 Å². The van der Waals surface area contributed by atoms with E-state index < -0.39 is 11.7 Å². The molecule has 0 unspecified atom stereocenters. The van der Waals surface area contributed by atoms with Crippen LogP contribution in [0.3, 0.4) is 0 Å². The molecule has 0 bridgehead atoms. The average molecular weight is 291 g/mol. The molecule has 0 atom stereocenters. The second-order valence-electron chi connectivity index (χ2n) is 4.72. The summed E-state index contributed by atoms with van der Waals surface area (Å²) in [6.07, 6.45) is -0.541. The maximum absolute atomic E-state index is 11.3. The van der Waals surface area contributed by atoms with Crippen LogP contribution in [-0.2, 0) is 11.3 Å². The molecule has 1 rings (SSSR count). The van der Waals surface area contributed by atoms with Crippen molar-refractivity contribution in [2.75, 3.05) is 0 Å². The number of hydrogen-bond donors (Lipinski definition) is 2. The van der Waals surface area contributed by atoms with Crippen LogP contribution < -0.4 is 10.9 Å². The normalized spacial score (nSPS) is 11.2. The van der Waals surface area contributed by atoms with Gasteiger partial charge in [0, 0.05) is 16.6 Å². The fourth-order valence-corrected chi connectivity index (χ4v) is 1.57. The lowest BCUT2D eigenvalue weighted by Crippen LogP contribution is -2.40. The van der Waals surface area contributed by atoms with Crippen molar-refractivity contribution in [2.45, 2.75) is 32.9 Å². The molecule has 0 spiro atoms. The van der Waals surface area contributed by atoms with Gasteiger partial charge in [-0.2, -0.15) is 0 Å². The number of carbonyl (C=O) groups excluding carboxylic acids is 1. The summed E-state index contributed by atoms with van der Waals surface area (Å²) < 4.78 is 5.06. The molecule has 0 saturated heterocycles. The number of hydrazine groups is 1. The van der Waals surface area contributed by atoms with Crippen LogP contribution in [0.1, 0.15) is 26.3 Å². The number of rotatable bonds is 3. The third-order valence-electron chi connectivity index (χ3n) is 1.88. The predicted molar refractivity (Wildman–Crippen MR) is 72.7 cm³/mol. The van der Waals surface area contributed by atoms with Crippen molar-refractivity contribution in [3.63, 3.8) is 0 Å². The molecule has 18 heavy (non-hydrogen) atoms. The van der Waals surface area contributed by atoms with E-state index in [2.05, 4.69) is 10.9 Å². The van der Waals surface area contributed by atoms with Gasteiger partial charge in [0.25, 0.3) is 0 Å². The van der Waals surface area contributed by atoms with Crippen LogP contribution in [0.25, 0.3) is 0 Å². The lowest BCUT2D eigenvalue weighted by molar-refractivity contribution is 0.0497. The van der Waals surface area contributed by atoms with E-state index in [1.165, 1.54) is 0 Å². The minimum atomic E-state index is -0.541. The molecule has 4 nitrogen and oxygen atoms in total. The summed E-state index contributed by atoms with van der Waals surface area (Å²) in [5, 5.41) is 1.17. The Morgan fingerprint density at radius 2 is 2.00 bits per heavy atom. The zero-order chi connectivity index (χ0) is 13.8. The molecule has 1 aromatic rings. The quantitative estimate of drug-likeness (QED) is 0.838. The van der Waals surface area contributed by atoms with Gasteiger partial charge in [-0.05, 0) is 44.5 Å². The largest absolute Gasteiger partial charge is 0.443 e. The first-order chi connectivity index (χ1) is 8.28. The van der Waals surface area contributed by atoms with Gasteiger partial charge in [-0.3, -0.25) is 5.43 Å². The number of ether oxygens (including phenoxy) is 1. The monoisotopic (exact) mass is 290 g/mol. The molecule has 0 aliphatic rings. The molecule has 0 aromatic heterocycles. The van der Waals surface area contributed by atoms with E-state index in [1.54, 1.807) is 39.0 Å². The average Bonchev–Trinajstić information content (AvgIpc) is 2.20. The minimum absolute atomic E-state index is 0.360. The van der Waals surface area contributed by atoms with Crippen molar-refractivity contribution in [1.29, 1.82) is 0 Å². The zero-order valence-corrected chi connectivity index (χ0v) is 12.0. The second-order valence-corrected chi connectivity index (χ2v) is 5.56. The van der Waals surface area contributed by atoms with Crippen molar-refractivity contribution in [1.82, 2.24) is 10.9 Å². The molecule has 0 aliphatic heterocycles. The lowest BCUT2D eigenvalue weighted by Gasteiger charge is -2.19. The van der Waals surface area contributed by atoms with Gasteiger partial charge in [-0.1, -0.05) is 23.2 Å². The summed E-state index contributed by atoms with van der Waals surface area (Å²) in [7, 11) is 0. The SMILES string of the molecule is CC(C)(C)OC(=O)NNCc1cc(Cl)ccc1Cl. The summed E-state index contributed by atoms with van der Waals surface area (Å²) in [4.78, 5) is 11.3. The van der Waals surface area contributed by atoms with E-state index in [-0.39, 0.29) is 0 Å². The van der Waals surface area contributed by atoms with Crippen LogP contribution in [-0.4, -0.2) is 11.7 Å². The first-order valence-electron chi connectivity index (χ1n) is 5.44. The highest BCUT2D eigenvalue weighted by atomic mass is 35.5.